The van der Waals surface area contributed by atoms with Crippen molar-refractivity contribution in [1.29, 1.82) is 0 Å². The van der Waals surface area contributed by atoms with Crippen LogP contribution in [0.3, 0.4) is 0 Å². The summed E-state index contributed by atoms with van der Waals surface area (Å²) in [6.07, 6.45) is 5.02. The molecule has 1 N–H and O–H groups in total. The Bertz CT molecular complexity index is 416. The van der Waals surface area contributed by atoms with Crippen LogP contribution in [-0.4, -0.2) is 36.1 Å². The van der Waals surface area contributed by atoms with Crippen LogP contribution in [0.5, 0.6) is 0 Å². The van der Waals surface area contributed by atoms with Gasteiger partial charge in [-0.3, -0.25) is 0 Å². The lowest BCUT2D eigenvalue weighted by molar-refractivity contribution is 0.228. The molecule has 1 aromatic carbocycles. The summed E-state index contributed by atoms with van der Waals surface area (Å²) in [7, 11) is 0. The van der Waals surface area contributed by atoms with Crippen molar-refractivity contribution in [3.05, 3.63) is 34.3 Å². The second kappa shape index (κ2) is 8.30. The summed E-state index contributed by atoms with van der Waals surface area (Å²) in [5.41, 5.74) is 1.41. The average molecular weight is 353 g/mol. The summed E-state index contributed by atoms with van der Waals surface area (Å²) in [5.74, 6) is 0. The number of likely N-dealkylation sites (tertiary alicyclic amines) is 1. The van der Waals surface area contributed by atoms with Gasteiger partial charge in [0.1, 0.15) is 0 Å². The molecule has 21 heavy (non-hydrogen) atoms. The topological polar surface area (TPSA) is 15.3 Å². The minimum atomic E-state index is 0.543. The molecule has 0 aromatic heterocycles. The van der Waals surface area contributed by atoms with Crippen LogP contribution >= 0.6 is 15.9 Å². The van der Waals surface area contributed by atoms with E-state index in [-0.39, 0.29) is 0 Å². The highest BCUT2D eigenvalue weighted by molar-refractivity contribution is 9.10. The van der Waals surface area contributed by atoms with Gasteiger partial charge in [-0.2, -0.15) is 0 Å². The molecule has 2 nitrogen and oxygen atoms in total. The highest BCUT2D eigenvalue weighted by atomic mass is 79.9. The Morgan fingerprint density at radius 1 is 1.14 bits per heavy atom. The first-order chi connectivity index (χ1) is 10.0. The monoisotopic (exact) mass is 352 g/mol. The third-order valence-electron chi connectivity index (χ3n) is 4.47. The molecule has 2 rings (SSSR count). The number of halogens is 1. The Hall–Kier alpha value is -0.380. The van der Waals surface area contributed by atoms with Crippen molar-refractivity contribution in [1.82, 2.24) is 10.2 Å². The van der Waals surface area contributed by atoms with Gasteiger partial charge < -0.3 is 10.2 Å². The van der Waals surface area contributed by atoms with Gasteiger partial charge in [-0.15, -0.1) is 0 Å². The summed E-state index contributed by atoms with van der Waals surface area (Å²) in [5, 5.41) is 3.84. The van der Waals surface area contributed by atoms with E-state index in [2.05, 4.69) is 71.2 Å². The molecule has 2 unspecified atom stereocenters. The van der Waals surface area contributed by atoms with Gasteiger partial charge in [0, 0.05) is 22.6 Å². The maximum absolute atomic E-state index is 3.84. The molecule has 0 saturated carbocycles. The summed E-state index contributed by atoms with van der Waals surface area (Å²) in [4.78, 5) is 2.61. The Morgan fingerprint density at radius 2 is 1.86 bits per heavy atom. The molecule has 0 bridgehead atoms. The normalized spacial score (nSPS) is 22.2. The number of rotatable bonds is 5. The Labute approximate surface area is 138 Å². The van der Waals surface area contributed by atoms with E-state index in [0.29, 0.717) is 18.1 Å². The SMILES string of the molecule is CC(Cc1ccc(Br)cc1)NC1CCCN(C(C)C)CC1. The molecule has 0 radical (unpaired) electrons. The smallest absolute Gasteiger partial charge is 0.0175 e. The first kappa shape index (κ1) is 17.0. The van der Waals surface area contributed by atoms with E-state index in [9.17, 15) is 0 Å². The zero-order valence-electron chi connectivity index (χ0n) is 13.6. The largest absolute Gasteiger partial charge is 0.311 e. The van der Waals surface area contributed by atoms with E-state index in [0.717, 1.165) is 10.9 Å². The molecule has 1 heterocycles. The molecule has 2 atom stereocenters. The Kier molecular flexibility index (Phi) is 6.72. The molecule has 0 spiro atoms. The van der Waals surface area contributed by atoms with Gasteiger partial charge in [-0.1, -0.05) is 28.1 Å². The molecule has 1 aliphatic heterocycles. The number of benzene rings is 1. The second-order valence-electron chi connectivity index (χ2n) is 6.66. The molecular weight excluding hydrogens is 324 g/mol. The average Bonchev–Trinajstić information content (AvgIpc) is 2.67. The number of hydrogen-bond acceptors (Lipinski definition) is 2. The van der Waals surface area contributed by atoms with Crippen LogP contribution in [0.25, 0.3) is 0 Å². The number of nitrogens with zero attached hydrogens (tertiary/aromatic N) is 1. The first-order valence-corrected chi connectivity index (χ1v) is 9.08. The highest BCUT2D eigenvalue weighted by Crippen LogP contribution is 2.16. The standard InChI is InChI=1S/C18H29BrN2/c1-14(2)21-11-4-5-18(10-12-21)20-15(3)13-16-6-8-17(19)9-7-16/h6-9,14-15,18,20H,4-5,10-13H2,1-3H3. The van der Waals surface area contributed by atoms with Crippen LogP contribution < -0.4 is 5.32 Å². The summed E-state index contributed by atoms with van der Waals surface area (Å²) < 4.78 is 1.16. The van der Waals surface area contributed by atoms with Crippen LogP contribution in [0, 0.1) is 0 Å². The fourth-order valence-electron chi connectivity index (χ4n) is 3.24. The zero-order chi connectivity index (χ0) is 15.2. The third kappa shape index (κ3) is 5.72. The molecule has 1 saturated heterocycles. The molecule has 3 heteroatoms. The van der Waals surface area contributed by atoms with Crippen molar-refractivity contribution >= 4 is 15.9 Å². The van der Waals surface area contributed by atoms with Crippen LogP contribution in [0.15, 0.2) is 28.7 Å². The molecular formula is C18H29BrN2. The van der Waals surface area contributed by atoms with Crippen LogP contribution in [0.4, 0.5) is 0 Å². The fourth-order valence-corrected chi connectivity index (χ4v) is 3.50. The van der Waals surface area contributed by atoms with E-state index in [1.54, 1.807) is 0 Å². The van der Waals surface area contributed by atoms with Crippen molar-refractivity contribution in [3.8, 4) is 0 Å². The van der Waals surface area contributed by atoms with Gasteiger partial charge >= 0.3 is 0 Å². The van der Waals surface area contributed by atoms with Crippen molar-refractivity contribution in [2.45, 2.75) is 64.6 Å². The van der Waals surface area contributed by atoms with Crippen molar-refractivity contribution < 1.29 is 0 Å². The van der Waals surface area contributed by atoms with Gasteiger partial charge in [-0.25, -0.2) is 0 Å². The highest BCUT2D eigenvalue weighted by Gasteiger charge is 2.19. The molecule has 1 aliphatic rings. The fraction of sp³-hybridized carbons (Fsp3) is 0.667. The lowest BCUT2D eigenvalue weighted by Crippen LogP contribution is -2.39. The Morgan fingerprint density at radius 3 is 2.52 bits per heavy atom. The summed E-state index contributed by atoms with van der Waals surface area (Å²) >= 11 is 3.50. The molecule has 1 aromatic rings. The minimum absolute atomic E-state index is 0.543. The van der Waals surface area contributed by atoms with E-state index >= 15 is 0 Å². The first-order valence-electron chi connectivity index (χ1n) is 8.29. The van der Waals surface area contributed by atoms with Crippen molar-refractivity contribution in [2.24, 2.45) is 0 Å². The maximum Gasteiger partial charge on any atom is 0.0175 e. The quantitative estimate of drug-likeness (QED) is 0.852. The van der Waals surface area contributed by atoms with E-state index in [1.807, 2.05) is 0 Å². The zero-order valence-corrected chi connectivity index (χ0v) is 15.2. The van der Waals surface area contributed by atoms with Gasteiger partial charge in [0.15, 0.2) is 0 Å². The van der Waals surface area contributed by atoms with Crippen molar-refractivity contribution in [3.63, 3.8) is 0 Å². The minimum Gasteiger partial charge on any atom is -0.311 e. The molecule has 0 aliphatic carbocycles. The van der Waals surface area contributed by atoms with Gasteiger partial charge in [0.05, 0.1) is 0 Å². The summed E-state index contributed by atoms with van der Waals surface area (Å²) in [6.45, 7) is 9.43. The number of hydrogen-bond donors (Lipinski definition) is 1. The predicted molar refractivity (Wildman–Crippen MR) is 94.8 cm³/mol. The molecule has 0 amide bonds. The molecule has 118 valence electrons. The van der Waals surface area contributed by atoms with E-state index in [1.165, 1.54) is 37.9 Å². The third-order valence-corrected chi connectivity index (χ3v) is 5.00. The molecule has 1 fully saturated rings. The maximum atomic E-state index is 3.84. The lowest BCUT2D eigenvalue weighted by Gasteiger charge is -2.25. The Balaban J connectivity index is 1.79. The number of nitrogens with one attached hydrogen (secondary N) is 1. The lowest BCUT2D eigenvalue weighted by atomic mass is 10.0. The van der Waals surface area contributed by atoms with E-state index < -0.39 is 0 Å². The van der Waals surface area contributed by atoms with Gasteiger partial charge in [0.2, 0.25) is 0 Å². The summed E-state index contributed by atoms with van der Waals surface area (Å²) in [6, 6.07) is 10.6. The van der Waals surface area contributed by atoms with Crippen LogP contribution in [-0.2, 0) is 6.42 Å². The van der Waals surface area contributed by atoms with E-state index in [4.69, 9.17) is 0 Å². The second-order valence-corrected chi connectivity index (χ2v) is 7.57. The van der Waals surface area contributed by atoms with Gasteiger partial charge in [0.25, 0.3) is 0 Å². The van der Waals surface area contributed by atoms with Crippen LogP contribution in [0.1, 0.15) is 45.6 Å². The van der Waals surface area contributed by atoms with Crippen molar-refractivity contribution in [2.75, 3.05) is 13.1 Å². The van der Waals surface area contributed by atoms with Gasteiger partial charge in [-0.05, 0) is 77.2 Å². The van der Waals surface area contributed by atoms with Crippen LogP contribution in [0.2, 0.25) is 0 Å². The predicted octanol–water partition coefficient (Wildman–Crippen LogP) is 4.23.